The van der Waals surface area contributed by atoms with Crippen molar-refractivity contribution < 1.29 is 0 Å². The van der Waals surface area contributed by atoms with Gasteiger partial charge < -0.3 is 5.73 Å². The number of aromatic nitrogens is 2. The molecule has 0 bridgehead atoms. The first kappa shape index (κ1) is 12.6. The number of hydrogen-bond donors (Lipinski definition) is 1. The van der Waals surface area contributed by atoms with E-state index < -0.39 is 0 Å². The highest BCUT2D eigenvalue weighted by Gasteiger charge is 2.13. The number of halogens is 3. The maximum absolute atomic E-state index is 6.21. The standard InChI is InChI=1S/C13H8Cl3N3/c14-7-1-3-11(9(16)5-7)19-12-4-2-8(15)6-10(12)18-13(19)17/h1-6H,(H2,17,18). The summed E-state index contributed by atoms with van der Waals surface area (Å²) in [5.41, 5.74) is 8.25. The molecule has 3 rings (SSSR count). The van der Waals surface area contributed by atoms with Gasteiger partial charge in [0.1, 0.15) is 0 Å². The van der Waals surface area contributed by atoms with Crippen LogP contribution in [0.3, 0.4) is 0 Å². The molecular weight excluding hydrogens is 305 g/mol. The van der Waals surface area contributed by atoms with Crippen molar-refractivity contribution in [3.8, 4) is 5.69 Å². The Kier molecular flexibility index (Phi) is 3.05. The normalized spacial score (nSPS) is 11.1. The summed E-state index contributed by atoms with van der Waals surface area (Å²) >= 11 is 18.1. The van der Waals surface area contributed by atoms with Crippen molar-refractivity contribution in [3.05, 3.63) is 51.5 Å². The molecule has 0 saturated carbocycles. The third-order valence-corrected chi connectivity index (χ3v) is 3.57. The Morgan fingerprint density at radius 1 is 0.947 bits per heavy atom. The number of benzene rings is 2. The zero-order valence-corrected chi connectivity index (χ0v) is 11.8. The van der Waals surface area contributed by atoms with Gasteiger partial charge in [0, 0.05) is 10.0 Å². The molecule has 0 saturated heterocycles. The first-order chi connectivity index (χ1) is 9.06. The van der Waals surface area contributed by atoms with E-state index in [0.29, 0.717) is 21.0 Å². The van der Waals surface area contributed by atoms with Crippen LogP contribution in [-0.2, 0) is 0 Å². The van der Waals surface area contributed by atoms with Crippen molar-refractivity contribution >= 4 is 51.8 Å². The number of hydrogen-bond acceptors (Lipinski definition) is 2. The molecule has 0 aliphatic carbocycles. The molecule has 0 radical (unpaired) electrons. The van der Waals surface area contributed by atoms with Gasteiger partial charge >= 0.3 is 0 Å². The van der Waals surface area contributed by atoms with Gasteiger partial charge in [-0.25, -0.2) is 4.98 Å². The van der Waals surface area contributed by atoms with Crippen molar-refractivity contribution in [1.82, 2.24) is 9.55 Å². The Labute approximate surface area is 124 Å². The minimum Gasteiger partial charge on any atom is -0.369 e. The molecule has 2 aromatic carbocycles. The fourth-order valence-corrected chi connectivity index (χ4v) is 2.65. The summed E-state index contributed by atoms with van der Waals surface area (Å²) in [7, 11) is 0. The van der Waals surface area contributed by atoms with Crippen LogP contribution < -0.4 is 5.73 Å². The number of fused-ring (bicyclic) bond motifs is 1. The molecule has 0 atom stereocenters. The lowest BCUT2D eigenvalue weighted by atomic mass is 10.3. The molecule has 1 heterocycles. The summed E-state index contributed by atoms with van der Waals surface area (Å²) < 4.78 is 1.77. The minimum absolute atomic E-state index is 0.349. The van der Waals surface area contributed by atoms with Gasteiger partial charge in [-0.3, -0.25) is 4.57 Å². The molecule has 3 aromatic rings. The predicted octanol–water partition coefficient (Wildman–Crippen LogP) is 4.57. The number of nitrogens with zero attached hydrogens (tertiary/aromatic N) is 2. The maximum Gasteiger partial charge on any atom is 0.205 e. The van der Waals surface area contributed by atoms with E-state index in [2.05, 4.69) is 4.98 Å². The fraction of sp³-hybridized carbons (Fsp3) is 0. The minimum atomic E-state index is 0.349. The highest BCUT2D eigenvalue weighted by molar-refractivity contribution is 6.36. The number of anilines is 1. The third kappa shape index (κ3) is 2.14. The van der Waals surface area contributed by atoms with Crippen LogP contribution in [0.15, 0.2) is 36.4 Å². The fourth-order valence-electron chi connectivity index (χ4n) is 1.99. The van der Waals surface area contributed by atoms with E-state index in [0.717, 1.165) is 16.7 Å². The van der Waals surface area contributed by atoms with E-state index in [1.165, 1.54) is 0 Å². The number of nitrogen functional groups attached to an aromatic ring is 1. The van der Waals surface area contributed by atoms with E-state index in [1.54, 1.807) is 34.9 Å². The van der Waals surface area contributed by atoms with Crippen LogP contribution in [-0.4, -0.2) is 9.55 Å². The average molecular weight is 313 g/mol. The van der Waals surface area contributed by atoms with Gasteiger partial charge in [0.2, 0.25) is 5.95 Å². The molecule has 0 aliphatic rings. The molecule has 0 spiro atoms. The van der Waals surface area contributed by atoms with Crippen molar-refractivity contribution in [2.24, 2.45) is 0 Å². The van der Waals surface area contributed by atoms with Gasteiger partial charge in [-0.1, -0.05) is 34.8 Å². The third-order valence-electron chi connectivity index (χ3n) is 2.79. The highest BCUT2D eigenvalue weighted by atomic mass is 35.5. The summed E-state index contributed by atoms with van der Waals surface area (Å²) in [6.45, 7) is 0. The molecule has 2 N–H and O–H groups in total. The smallest absolute Gasteiger partial charge is 0.205 e. The number of nitrogens with two attached hydrogens (primary N) is 1. The average Bonchev–Trinajstić information content (AvgIpc) is 2.65. The lowest BCUT2D eigenvalue weighted by Crippen LogP contribution is -2.01. The lowest BCUT2D eigenvalue weighted by molar-refractivity contribution is 1.11. The van der Waals surface area contributed by atoms with Crippen LogP contribution in [0, 0.1) is 0 Å². The molecule has 96 valence electrons. The quantitative estimate of drug-likeness (QED) is 0.715. The molecule has 1 aromatic heterocycles. The monoisotopic (exact) mass is 311 g/mol. The van der Waals surface area contributed by atoms with E-state index in [-0.39, 0.29) is 0 Å². The molecule has 0 unspecified atom stereocenters. The molecule has 0 amide bonds. The van der Waals surface area contributed by atoms with Crippen molar-refractivity contribution in [2.75, 3.05) is 5.73 Å². The Morgan fingerprint density at radius 3 is 2.37 bits per heavy atom. The van der Waals surface area contributed by atoms with Gasteiger partial charge in [0.05, 0.1) is 21.7 Å². The van der Waals surface area contributed by atoms with Crippen LogP contribution in [0.5, 0.6) is 0 Å². The molecular formula is C13H8Cl3N3. The summed E-state index contributed by atoms with van der Waals surface area (Å²) in [5.74, 6) is 0.349. The molecule has 6 heteroatoms. The number of imidazole rings is 1. The van der Waals surface area contributed by atoms with Gasteiger partial charge in [0.15, 0.2) is 0 Å². The van der Waals surface area contributed by atoms with Gasteiger partial charge in [-0.2, -0.15) is 0 Å². The largest absolute Gasteiger partial charge is 0.369 e. The van der Waals surface area contributed by atoms with Crippen LogP contribution in [0.4, 0.5) is 5.95 Å². The molecule has 19 heavy (non-hydrogen) atoms. The van der Waals surface area contributed by atoms with Crippen molar-refractivity contribution in [2.45, 2.75) is 0 Å². The van der Waals surface area contributed by atoms with Gasteiger partial charge in [-0.15, -0.1) is 0 Å². The molecule has 0 fully saturated rings. The first-order valence-corrected chi connectivity index (χ1v) is 6.58. The van der Waals surface area contributed by atoms with Crippen molar-refractivity contribution in [3.63, 3.8) is 0 Å². The highest BCUT2D eigenvalue weighted by Crippen LogP contribution is 2.30. The Morgan fingerprint density at radius 2 is 1.63 bits per heavy atom. The van der Waals surface area contributed by atoms with Gasteiger partial charge in [-0.05, 0) is 36.4 Å². The SMILES string of the molecule is Nc1nc2cc(Cl)ccc2n1-c1ccc(Cl)cc1Cl. The second kappa shape index (κ2) is 4.60. The topological polar surface area (TPSA) is 43.8 Å². The summed E-state index contributed by atoms with van der Waals surface area (Å²) in [5, 5.41) is 1.69. The van der Waals surface area contributed by atoms with Crippen LogP contribution >= 0.6 is 34.8 Å². The van der Waals surface area contributed by atoms with E-state index in [1.807, 2.05) is 6.07 Å². The summed E-state index contributed by atoms with van der Waals surface area (Å²) in [6, 6.07) is 10.6. The maximum atomic E-state index is 6.21. The van der Waals surface area contributed by atoms with Crippen LogP contribution in [0.1, 0.15) is 0 Å². The van der Waals surface area contributed by atoms with Crippen LogP contribution in [0.25, 0.3) is 16.7 Å². The summed E-state index contributed by atoms with van der Waals surface area (Å²) in [4.78, 5) is 4.28. The molecule has 3 nitrogen and oxygen atoms in total. The second-order valence-electron chi connectivity index (χ2n) is 4.03. The predicted molar refractivity (Wildman–Crippen MR) is 80.5 cm³/mol. The Hall–Kier alpha value is -1.42. The van der Waals surface area contributed by atoms with E-state index in [9.17, 15) is 0 Å². The van der Waals surface area contributed by atoms with Crippen molar-refractivity contribution in [1.29, 1.82) is 0 Å². The second-order valence-corrected chi connectivity index (χ2v) is 5.31. The zero-order valence-electron chi connectivity index (χ0n) is 9.57. The molecule has 0 aliphatic heterocycles. The lowest BCUT2D eigenvalue weighted by Gasteiger charge is -2.09. The Bertz CT molecular complexity index is 780. The van der Waals surface area contributed by atoms with E-state index >= 15 is 0 Å². The first-order valence-electron chi connectivity index (χ1n) is 5.45. The van der Waals surface area contributed by atoms with Gasteiger partial charge in [0.25, 0.3) is 0 Å². The number of rotatable bonds is 1. The van der Waals surface area contributed by atoms with E-state index in [4.69, 9.17) is 40.5 Å². The summed E-state index contributed by atoms with van der Waals surface area (Å²) in [6.07, 6.45) is 0. The Balaban J connectivity index is 2.33. The van der Waals surface area contributed by atoms with Crippen LogP contribution in [0.2, 0.25) is 15.1 Å². The zero-order chi connectivity index (χ0) is 13.6.